The van der Waals surface area contributed by atoms with Crippen LogP contribution in [-0.4, -0.2) is 47.8 Å². The van der Waals surface area contributed by atoms with Crippen molar-refractivity contribution in [2.45, 2.75) is 45.6 Å². The predicted molar refractivity (Wildman–Crippen MR) is 106 cm³/mol. The Morgan fingerprint density at radius 2 is 1.86 bits per heavy atom. The number of likely N-dealkylation sites (tertiary alicyclic amines) is 1. The maximum Gasteiger partial charge on any atom is 0.311 e. The van der Waals surface area contributed by atoms with Gasteiger partial charge in [0.05, 0.1) is 5.92 Å². The van der Waals surface area contributed by atoms with Crippen LogP contribution >= 0.6 is 0 Å². The Balaban J connectivity index is 1.48. The summed E-state index contributed by atoms with van der Waals surface area (Å²) >= 11 is 0. The molecule has 1 heterocycles. The fraction of sp³-hybridized carbons (Fsp3) is 0.545. The maximum atomic E-state index is 12.5. The third kappa shape index (κ3) is 5.02. The summed E-state index contributed by atoms with van der Waals surface area (Å²) in [6.07, 6.45) is 3.33. The van der Waals surface area contributed by atoms with E-state index in [9.17, 15) is 19.2 Å². The Morgan fingerprint density at radius 1 is 1.14 bits per heavy atom. The van der Waals surface area contributed by atoms with Crippen molar-refractivity contribution in [3.8, 4) is 0 Å². The maximum absolute atomic E-state index is 12.5. The van der Waals surface area contributed by atoms with Gasteiger partial charge in [0.25, 0.3) is 11.8 Å². The molecule has 1 aromatic rings. The highest BCUT2D eigenvalue weighted by Gasteiger charge is 2.42. The zero-order valence-electron chi connectivity index (χ0n) is 16.9. The van der Waals surface area contributed by atoms with Gasteiger partial charge in [-0.2, -0.15) is 0 Å². The molecule has 1 N–H and O–H groups in total. The fourth-order valence-corrected chi connectivity index (χ4v) is 4.28. The molecule has 0 unspecified atom stereocenters. The van der Waals surface area contributed by atoms with E-state index in [1.807, 2.05) is 4.90 Å². The second-order valence-electron chi connectivity index (χ2n) is 8.13. The van der Waals surface area contributed by atoms with Crippen LogP contribution in [-0.2, 0) is 19.1 Å². The molecular weight excluding hydrogens is 372 g/mol. The second-order valence-corrected chi connectivity index (χ2v) is 8.13. The molecule has 29 heavy (non-hydrogen) atoms. The number of amides is 3. The van der Waals surface area contributed by atoms with Crippen molar-refractivity contribution < 1.29 is 23.9 Å². The molecule has 0 bridgehead atoms. The van der Waals surface area contributed by atoms with Gasteiger partial charge in [-0.15, -0.1) is 0 Å². The molecular formula is C22H28N2O5. The van der Waals surface area contributed by atoms with E-state index >= 15 is 0 Å². The first-order chi connectivity index (χ1) is 13.9. The van der Waals surface area contributed by atoms with Crippen LogP contribution in [0.5, 0.6) is 0 Å². The molecule has 3 rings (SSSR count). The van der Waals surface area contributed by atoms with Gasteiger partial charge in [-0.25, -0.2) is 0 Å². The van der Waals surface area contributed by atoms with Crippen molar-refractivity contribution in [3.63, 3.8) is 0 Å². The van der Waals surface area contributed by atoms with Crippen molar-refractivity contribution in [1.82, 2.24) is 10.2 Å². The molecule has 2 fully saturated rings. The van der Waals surface area contributed by atoms with Gasteiger partial charge in [-0.05, 0) is 30.4 Å². The number of carbonyl (C=O) groups excluding carboxylic acids is 4. The van der Waals surface area contributed by atoms with E-state index in [1.54, 1.807) is 30.3 Å². The van der Waals surface area contributed by atoms with E-state index in [0.29, 0.717) is 23.9 Å². The normalized spacial score (nSPS) is 26.8. The van der Waals surface area contributed by atoms with Crippen LogP contribution in [0.3, 0.4) is 0 Å². The predicted octanol–water partition coefficient (Wildman–Crippen LogP) is 2.16. The summed E-state index contributed by atoms with van der Waals surface area (Å²) in [5.74, 6) is -1.45. The van der Waals surface area contributed by atoms with E-state index in [1.165, 1.54) is 6.42 Å². The quantitative estimate of drug-likeness (QED) is 0.765. The highest BCUT2D eigenvalue weighted by atomic mass is 16.5. The van der Waals surface area contributed by atoms with E-state index in [-0.39, 0.29) is 18.4 Å². The van der Waals surface area contributed by atoms with E-state index in [4.69, 9.17) is 4.74 Å². The molecule has 0 spiro atoms. The highest BCUT2D eigenvalue weighted by molar-refractivity contribution is 6.05. The van der Waals surface area contributed by atoms with Gasteiger partial charge >= 0.3 is 5.97 Å². The lowest BCUT2D eigenvalue weighted by Crippen LogP contribution is -2.45. The fourth-order valence-electron chi connectivity index (χ4n) is 4.28. The molecule has 1 aromatic carbocycles. The number of nitrogens with one attached hydrogen (secondary N) is 1. The zero-order chi connectivity index (χ0) is 21.0. The van der Waals surface area contributed by atoms with Gasteiger partial charge in [0.1, 0.15) is 0 Å². The van der Waals surface area contributed by atoms with E-state index in [2.05, 4.69) is 19.2 Å². The minimum atomic E-state index is -0.692. The largest absolute Gasteiger partial charge is 0.455 e. The number of ether oxygens (including phenoxy) is 1. The van der Waals surface area contributed by atoms with Crippen molar-refractivity contribution in [3.05, 3.63) is 35.9 Å². The minimum Gasteiger partial charge on any atom is -0.455 e. The third-order valence-electron chi connectivity index (χ3n) is 6.19. The molecule has 1 aliphatic carbocycles. The lowest BCUT2D eigenvalue weighted by molar-refractivity contribution is -0.152. The Morgan fingerprint density at radius 3 is 2.59 bits per heavy atom. The molecule has 3 amide bonds. The molecule has 0 radical (unpaired) electrons. The Bertz CT molecular complexity index is 779. The Kier molecular flexibility index (Phi) is 6.67. The first-order valence-corrected chi connectivity index (χ1v) is 10.2. The van der Waals surface area contributed by atoms with E-state index in [0.717, 1.165) is 12.8 Å². The number of carbonyl (C=O) groups is 4. The monoisotopic (exact) mass is 400 g/mol. The minimum absolute atomic E-state index is 0.0263. The third-order valence-corrected chi connectivity index (χ3v) is 6.19. The molecule has 1 aliphatic heterocycles. The topological polar surface area (TPSA) is 92.8 Å². The Hall–Kier alpha value is -2.70. The molecule has 156 valence electrons. The van der Waals surface area contributed by atoms with Gasteiger partial charge in [0.2, 0.25) is 5.91 Å². The molecule has 0 aromatic heterocycles. The average Bonchev–Trinajstić information content (AvgIpc) is 3.10. The number of rotatable bonds is 5. The lowest BCUT2D eigenvalue weighted by Gasteiger charge is -2.39. The number of imide groups is 1. The van der Waals surface area contributed by atoms with Crippen LogP contribution in [0.25, 0.3) is 0 Å². The van der Waals surface area contributed by atoms with Gasteiger partial charge in [0.15, 0.2) is 6.61 Å². The molecule has 1 saturated carbocycles. The molecule has 1 saturated heterocycles. The highest BCUT2D eigenvalue weighted by Crippen LogP contribution is 2.35. The summed E-state index contributed by atoms with van der Waals surface area (Å²) in [7, 11) is 0. The number of esters is 1. The molecule has 2 aliphatic rings. The summed E-state index contributed by atoms with van der Waals surface area (Å²) < 4.78 is 5.07. The lowest BCUT2D eigenvalue weighted by atomic mass is 9.77. The molecule has 4 atom stereocenters. The molecule has 7 heteroatoms. The van der Waals surface area contributed by atoms with Gasteiger partial charge in [-0.1, -0.05) is 44.9 Å². The summed E-state index contributed by atoms with van der Waals surface area (Å²) in [6.45, 7) is 4.17. The number of benzene rings is 1. The van der Waals surface area contributed by atoms with Crippen LogP contribution < -0.4 is 5.32 Å². The van der Waals surface area contributed by atoms with Crippen molar-refractivity contribution in [2.75, 3.05) is 13.2 Å². The number of hydrogen-bond donors (Lipinski definition) is 1. The Labute approximate surface area is 170 Å². The standard InChI is InChI=1S/C22H28N2O5/c1-14-7-6-10-18(15(14)2)24-12-17(11-20(24)26)22(28)29-13-19(25)23-21(27)16-8-4-3-5-9-16/h3-5,8-9,14-15,17-18H,6-7,10-13H2,1-2H3,(H,23,25,27)/t14-,15-,17-,18-/m1/s1. The van der Waals surface area contributed by atoms with Crippen LogP contribution in [0.15, 0.2) is 30.3 Å². The van der Waals surface area contributed by atoms with Gasteiger partial charge < -0.3 is 9.64 Å². The van der Waals surface area contributed by atoms with E-state index < -0.39 is 30.3 Å². The summed E-state index contributed by atoms with van der Waals surface area (Å²) in [4.78, 5) is 50.5. The summed E-state index contributed by atoms with van der Waals surface area (Å²) in [5.41, 5.74) is 0.347. The first kappa shape index (κ1) is 21.0. The van der Waals surface area contributed by atoms with Gasteiger partial charge in [0, 0.05) is 24.6 Å². The number of nitrogens with zero attached hydrogens (tertiary/aromatic N) is 1. The smallest absolute Gasteiger partial charge is 0.311 e. The van der Waals surface area contributed by atoms with Crippen LogP contribution in [0.4, 0.5) is 0 Å². The summed E-state index contributed by atoms with van der Waals surface area (Å²) in [5, 5.41) is 2.19. The molecule has 7 nitrogen and oxygen atoms in total. The number of hydrogen-bond acceptors (Lipinski definition) is 5. The van der Waals surface area contributed by atoms with Crippen molar-refractivity contribution in [2.24, 2.45) is 17.8 Å². The van der Waals surface area contributed by atoms with Crippen LogP contribution in [0.2, 0.25) is 0 Å². The zero-order valence-corrected chi connectivity index (χ0v) is 16.9. The van der Waals surface area contributed by atoms with Crippen LogP contribution in [0.1, 0.15) is 49.9 Å². The van der Waals surface area contributed by atoms with Crippen molar-refractivity contribution >= 4 is 23.7 Å². The van der Waals surface area contributed by atoms with Crippen LogP contribution in [0, 0.1) is 17.8 Å². The second kappa shape index (κ2) is 9.20. The van der Waals surface area contributed by atoms with Crippen molar-refractivity contribution in [1.29, 1.82) is 0 Å². The average molecular weight is 400 g/mol. The summed E-state index contributed by atoms with van der Waals surface area (Å²) in [6, 6.07) is 8.48. The first-order valence-electron chi connectivity index (χ1n) is 10.2. The SMILES string of the molecule is C[C@@H]1[C@H](C)CCC[C@H]1N1C[C@H](C(=O)OCC(=O)NC(=O)c2ccccc2)CC1=O. The van der Waals surface area contributed by atoms with Gasteiger partial charge in [-0.3, -0.25) is 24.5 Å².